The smallest absolute Gasteiger partial charge is 0.137 e. The lowest BCUT2D eigenvalue weighted by Gasteiger charge is -2.24. The first-order chi connectivity index (χ1) is 9.54. The molecular weight excluding hydrogens is 250 g/mol. The summed E-state index contributed by atoms with van der Waals surface area (Å²) in [4.78, 5) is 2.37. The molecule has 0 spiro atoms. The maximum Gasteiger partial charge on any atom is 0.137 e. The summed E-state index contributed by atoms with van der Waals surface area (Å²) in [5.74, 6) is 1.99. The van der Waals surface area contributed by atoms with Crippen LogP contribution in [0.2, 0.25) is 0 Å². The molecule has 0 saturated carbocycles. The van der Waals surface area contributed by atoms with Gasteiger partial charge in [0.15, 0.2) is 0 Å². The summed E-state index contributed by atoms with van der Waals surface area (Å²) in [7, 11) is 1.95. The Morgan fingerprint density at radius 2 is 2.15 bits per heavy atom. The zero-order valence-corrected chi connectivity index (χ0v) is 12.9. The van der Waals surface area contributed by atoms with Gasteiger partial charge < -0.3 is 10.6 Å². The van der Waals surface area contributed by atoms with Gasteiger partial charge in [0, 0.05) is 20.1 Å². The van der Waals surface area contributed by atoms with Crippen LogP contribution in [0.15, 0.2) is 0 Å². The molecule has 5 nitrogen and oxygen atoms in total. The molecule has 1 aromatic heterocycles. The fraction of sp³-hybridized carbons (Fsp3) is 0.733. The maximum absolute atomic E-state index is 7.81. The molecule has 1 aliphatic rings. The molecule has 2 heterocycles. The Labute approximate surface area is 121 Å². The van der Waals surface area contributed by atoms with Crippen molar-refractivity contribution in [2.45, 2.75) is 46.0 Å². The first-order valence-corrected chi connectivity index (χ1v) is 7.67. The molecule has 0 amide bonds. The zero-order valence-electron chi connectivity index (χ0n) is 12.9. The Kier molecular flexibility index (Phi) is 4.68. The number of anilines is 1. The molecule has 20 heavy (non-hydrogen) atoms. The van der Waals surface area contributed by atoms with Crippen LogP contribution in [0.1, 0.15) is 50.3 Å². The van der Waals surface area contributed by atoms with Crippen molar-refractivity contribution in [3.63, 3.8) is 0 Å². The van der Waals surface area contributed by atoms with Crippen LogP contribution in [0, 0.1) is 18.3 Å². The Balaban J connectivity index is 2.21. The Hall–Kier alpha value is -1.52. The van der Waals surface area contributed by atoms with E-state index in [2.05, 4.69) is 16.9 Å². The van der Waals surface area contributed by atoms with Gasteiger partial charge in [0.05, 0.1) is 11.3 Å². The van der Waals surface area contributed by atoms with Crippen LogP contribution in [0.4, 0.5) is 5.82 Å². The molecule has 1 saturated heterocycles. The summed E-state index contributed by atoms with van der Waals surface area (Å²) in [6, 6.07) is 0. The summed E-state index contributed by atoms with van der Waals surface area (Å²) in [5.41, 5.74) is 7.41. The molecule has 112 valence electrons. The molecule has 5 heteroatoms. The van der Waals surface area contributed by atoms with Crippen LogP contribution in [-0.2, 0) is 7.05 Å². The fourth-order valence-electron chi connectivity index (χ4n) is 3.40. The van der Waals surface area contributed by atoms with Crippen molar-refractivity contribution in [2.24, 2.45) is 18.7 Å². The lowest BCUT2D eigenvalue weighted by atomic mass is 9.96. The molecule has 0 bridgehead atoms. The molecule has 0 aliphatic carbocycles. The monoisotopic (exact) mass is 277 g/mol. The summed E-state index contributed by atoms with van der Waals surface area (Å²) in [6.45, 7) is 6.28. The van der Waals surface area contributed by atoms with Gasteiger partial charge in [-0.1, -0.05) is 19.8 Å². The molecule has 1 fully saturated rings. The number of nitrogens with two attached hydrogens (primary N) is 1. The summed E-state index contributed by atoms with van der Waals surface area (Å²) in [5, 5.41) is 12.3. The molecule has 1 aliphatic heterocycles. The lowest BCUT2D eigenvalue weighted by Crippen LogP contribution is -2.29. The van der Waals surface area contributed by atoms with Crippen LogP contribution in [0.25, 0.3) is 0 Å². The minimum absolute atomic E-state index is 0.125. The third-order valence-electron chi connectivity index (χ3n) is 4.31. The number of hydrogen-bond donors (Lipinski definition) is 2. The van der Waals surface area contributed by atoms with E-state index in [-0.39, 0.29) is 5.84 Å². The van der Waals surface area contributed by atoms with Gasteiger partial charge in [-0.25, -0.2) is 0 Å². The quantitative estimate of drug-likeness (QED) is 0.656. The third-order valence-corrected chi connectivity index (χ3v) is 4.31. The number of amidine groups is 1. The minimum atomic E-state index is 0.125. The molecule has 3 N–H and O–H groups in total. The molecule has 0 radical (unpaired) electrons. The maximum atomic E-state index is 7.81. The fourth-order valence-corrected chi connectivity index (χ4v) is 3.40. The van der Waals surface area contributed by atoms with Crippen molar-refractivity contribution in [3.8, 4) is 0 Å². The lowest BCUT2D eigenvalue weighted by molar-refractivity contribution is 0.435. The molecule has 1 aromatic rings. The van der Waals surface area contributed by atoms with Crippen molar-refractivity contribution in [3.05, 3.63) is 11.3 Å². The minimum Gasteiger partial charge on any atom is -0.384 e. The average molecular weight is 277 g/mol. The molecule has 1 unspecified atom stereocenters. The average Bonchev–Trinajstić information content (AvgIpc) is 2.56. The van der Waals surface area contributed by atoms with E-state index in [9.17, 15) is 0 Å². The molecule has 2 rings (SSSR count). The highest BCUT2D eigenvalue weighted by molar-refractivity contribution is 6.00. The highest BCUT2D eigenvalue weighted by atomic mass is 15.4. The number of aryl methyl sites for hydroxylation is 2. The standard InChI is InChI=1S/C15H27N5/c1-4-6-12-7-5-9-20(10-8-12)15-13(14(16)17)11(2)18-19(15)3/h12H,4-10H2,1-3H3,(H3,16,17). The van der Waals surface area contributed by atoms with Gasteiger partial charge in [-0.15, -0.1) is 0 Å². The van der Waals surface area contributed by atoms with Crippen molar-refractivity contribution in [1.82, 2.24) is 9.78 Å². The van der Waals surface area contributed by atoms with E-state index in [0.717, 1.165) is 36.1 Å². The van der Waals surface area contributed by atoms with E-state index in [1.807, 2.05) is 18.7 Å². The Bertz CT molecular complexity index is 477. The van der Waals surface area contributed by atoms with Crippen LogP contribution >= 0.6 is 0 Å². The first kappa shape index (κ1) is 14.9. The van der Waals surface area contributed by atoms with Crippen molar-refractivity contribution in [2.75, 3.05) is 18.0 Å². The van der Waals surface area contributed by atoms with E-state index in [4.69, 9.17) is 11.1 Å². The Morgan fingerprint density at radius 3 is 2.80 bits per heavy atom. The van der Waals surface area contributed by atoms with E-state index in [1.165, 1.54) is 32.1 Å². The first-order valence-electron chi connectivity index (χ1n) is 7.67. The van der Waals surface area contributed by atoms with Crippen LogP contribution in [-0.4, -0.2) is 28.7 Å². The molecular formula is C15H27N5. The highest BCUT2D eigenvalue weighted by Crippen LogP contribution is 2.28. The second-order valence-corrected chi connectivity index (χ2v) is 5.89. The largest absolute Gasteiger partial charge is 0.384 e. The SMILES string of the molecule is CCCC1CCCN(c2c(C(=N)N)c(C)nn2C)CC1. The van der Waals surface area contributed by atoms with Crippen LogP contribution < -0.4 is 10.6 Å². The van der Waals surface area contributed by atoms with Crippen molar-refractivity contribution in [1.29, 1.82) is 5.41 Å². The van der Waals surface area contributed by atoms with Gasteiger partial charge in [-0.3, -0.25) is 10.1 Å². The molecule has 0 aromatic carbocycles. The van der Waals surface area contributed by atoms with E-state index in [0.29, 0.717) is 0 Å². The number of rotatable bonds is 4. The Morgan fingerprint density at radius 1 is 1.40 bits per heavy atom. The molecule has 1 atom stereocenters. The second-order valence-electron chi connectivity index (χ2n) is 5.89. The van der Waals surface area contributed by atoms with Crippen molar-refractivity contribution >= 4 is 11.7 Å². The van der Waals surface area contributed by atoms with Gasteiger partial charge in [0.25, 0.3) is 0 Å². The summed E-state index contributed by atoms with van der Waals surface area (Å²) >= 11 is 0. The van der Waals surface area contributed by atoms with Crippen LogP contribution in [0.3, 0.4) is 0 Å². The van der Waals surface area contributed by atoms with Gasteiger partial charge in [-0.05, 0) is 32.1 Å². The van der Waals surface area contributed by atoms with Gasteiger partial charge in [-0.2, -0.15) is 5.10 Å². The van der Waals surface area contributed by atoms with Gasteiger partial charge >= 0.3 is 0 Å². The summed E-state index contributed by atoms with van der Waals surface area (Å²) in [6.07, 6.45) is 6.37. The number of hydrogen-bond acceptors (Lipinski definition) is 3. The van der Waals surface area contributed by atoms with E-state index in [1.54, 1.807) is 0 Å². The highest BCUT2D eigenvalue weighted by Gasteiger charge is 2.24. The van der Waals surface area contributed by atoms with Crippen LogP contribution in [0.5, 0.6) is 0 Å². The number of nitrogen functional groups attached to an aromatic ring is 1. The summed E-state index contributed by atoms with van der Waals surface area (Å²) < 4.78 is 1.88. The topological polar surface area (TPSA) is 70.9 Å². The number of nitrogens with zero attached hydrogens (tertiary/aromatic N) is 3. The predicted molar refractivity (Wildman–Crippen MR) is 83.4 cm³/mol. The van der Waals surface area contributed by atoms with Gasteiger partial charge in [0.2, 0.25) is 0 Å². The third kappa shape index (κ3) is 2.97. The predicted octanol–water partition coefficient (Wildman–Crippen LogP) is 2.42. The van der Waals surface area contributed by atoms with E-state index < -0.39 is 0 Å². The normalized spacial score (nSPS) is 19.9. The van der Waals surface area contributed by atoms with Gasteiger partial charge in [0.1, 0.15) is 11.7 Å². The zero-order chi connectivity index (χ0) is 14.7. The number of nitrogens with one attached hydrogen (secondary N) is 1. The number of aromatic nitrogens is 2. The second kappa shape index (κ2) is 6.29. The van der Waals surface area contributed by atoms with Crippen molar-refractivity contribution < 1.29 is 0 Å². The van der Waals surface area contributed by atoms with E-state index >= 15 is 0 Å².